The molecule has 0 amide bonds. The number of benzene rings is 1. The number of halogens is 1. The number of nitrogens with zero attached hydrogens (tertiary/aromatic N) is 2. The van der Waals surface area contributed by atoms with Crippen LogP contribution < -0.4 is 0 Å². The van der Waals surface area contributed by atoms with Gasteiger partial charge in [0.05, 0.1) is 11.0 Å². The average Bonchev–Trinajstić information content (AvgIpc) is 2.56. The average molecular weight is 318 g/mol. The summed E-state index contributed by atoms with van der Waals surface area (Å²) in [7, 11) is 0. The summed E-state index contributed by atoms with van der Waals surface area (Å²) in [6.07, 6.45) is 9.65. The van der Waals surface area contributed by atoms with Crippen molar-refractivity contribution in [2.75, 3.05) is 19.6 Å². The van der Waals surface area contributed by atoms with E-state index in [2.05, 4.69) is 11.0 Å². The number of rotatable bonds is 4. The number of nitro benzene ring substituents is 1. The van der Waals surface area contributed by atoms with E-state index in [0.29, 0.717) is 5.56 Å². The molecule has 1 aliphatic heterocycles. The first-order valence-electron chi connectivity index (χ1n) is 8.49. The standard InChI is InChI=1S/C18H23FN2O2/c19-18-12-16(21(22)23)6-7-17(18)15-8-10-20(11-9-15)13-14-4-2-1-3-5-14/h6-8,12,14H,1-5,9-11,13H2. The van der Waals surface area contributed by atoms with Gasteiger partial charge in [0.15, 0.2) is 0 Å². The van der Waals surface area contributed by atoms with E-state index < -0.39 is 10.7 Å². The van der Waals surface area contributed by atoms with Crippen LogP contribution in [0.2, 0.25) is 0 Å². The van der Waals surface area contributed by atoms with E-state index in [1.807, 2.05) is 0 Å². The fourth-order valence-electron chi connectivity index (χ4n) is 3.73. The van der Waals surface area contributed by atoms with Crippen LogP contribution in [0, 0.1) is 21.8 Å². The third kappa shape index (κ3) is 3.96. The van der Waals surface area contributed by atoms with Crippen LogP contribution in [0.25, 0.3) is 5.57 Å². The van der Waals surface area contributed by atoms with Crippen molar-refractivity contribution in [3.05, 3.63) is 45.8 Å². The van der Waals surface area contributed by atoms with E-state index >= 15 is 0 Å². The van der Waals surface area contributed by atoms with Gasteiger partial charge in [-0.05, 0) is 36.8 Å². The molecule has 0 atom stereocenters. The maximum atomic E-state index is 14.1. The second-order valence-electron chi connectivity index (χ2n) is 6.66. The number of hydrogen-bond donors (Lipinski definition) is 0. The van der Waals surface area contributed by atoms with Crippen LogP contribution in [-0.4, -0.2) is 29.5 Å². The summed E-state index contributed by atoms with van der Waals surface area (Å²) in [6, 6.07) is 3.94. The first-order chi connectivity index (χ1) is 11.1. The molecule has 23 heavy (non-hydrogen) atoms. The molecule has 0 spiro atoms. The lowest BCUT2D eigenvalue weighted by atomic mass is 9.88. The van der Waals surface area contributed by atoms with Gasteiger partial charge < -0.3 is 0 Å². The third-order valence-electron chi connectivity index (χ3n) is 5.04. The highest BCUT2D eigenvalue weighted by Crippen LogP contribution is 2.29. The molecule has 1 aliphatic carbocycles. The van der Waals surface area contributed by atoms with Crippen LogP contribution >= 0.6 is 0 Å². The van der Waals surface area contributed by atoms with Crippen LogP contribution in [0.1, 0.15) is 44.1 Å². The molecule has 1 aromatic rings. The Morgan fingerprint density at radius 3 is 2.65 bits per heavy atom. The van der Waals surface area contributed by atoms with Crippen LogP contribution in [0.5, 0.6) is 0 Å². The van der Waals surface area contributed by atoms with Gasteiger partial charge in [0.25, 0.3) is 5.69 Å². The van der Waals surface area contributed by atoms with Crippen molar-refractivity contribution in [3.8, 4) is 0 Å². The van der Waals surface area contributed by atoms with E-state index in [1.54, 1.807) is 0 Å². The largest absolute Gasteiger partial charge is 0.299 e. The highest BCUT2D eigenvalue weighted by Gasteiger charge is 2.21. The summed E-state index contributed by atoms with van der Waals surface area (Å²) in [5.74, 6) is 0.320. The predicted molar refractivity (Wildman–Crippen MR) is 88.7 cm³/mol. The maximum absolute atomic E-state index is 14.1. The van der Waals surface area contributed by atoms with Crippen molar-refractivity contribution >= 4 is 11.3 Å². The second-order valence-corrected chi connectivity index (χ2v) is 6.66. The van der Waals surface area contributed by atoms with E-state index in [9.17, 15) is 14.5 Å². The molecule has 3 rings (SSSR count). The summed E-state index contributed by atoms with van der Waals surface area (Å²) < 4.78 is 14.1. The zero-order chi connectivity index (χ0) is 16.2. The number of non-ortho nitro benzene ring substituents is 1. The Kier molecular flexibility index (Phi) is 5.06. The Morgan fingerprint density at radius 2 is 2.04 bits per heavy atom. The minimum absolute atomic E-state index is 0.193. The first-order valence-corrected chi connectivity index (χ1v) is 8.49. The lowest BCUT2D eigenvalue weighted by molar-refractivity contribution is -0.385. The Hall–Kier alpha value is -1.75. The van der Waals surface area contributed by atoms with Gasteiger partial charge in [-0.2, -0.15) is 0 Å². The Labute approximate surface area is 136 Å². The Balaban J connectivity index is 1.63. The monoisotopic (exact) mass is 318 g/mol. The second kappa shape index (κ2) is 7.21. The summed E-state index contributed by atoms with van der Waals surface area (Å²) in [5.41, 5.74) is 1.28. The van der Waals surface area contributed by atoms with Gasteiger partial charge in [-0.1, -0.05) is 25.3 Å². The lowest BCUT2D eigenvalue weighted by Crippen LogP contribution is -2.34. The zero-order valence-electron chi connectivity index (χ0n) is 13.3. The van der Waals surface area contributed by atoms with Crippen LogP contribution in [0.15, 0.2) is 24.3 Å². The molecule has 1 fully saturated rings. The highest BCUT2D eigenvalue weighted by atomic mass is 19.1. The lowest BCUT2D eigenvalue weighted by Gasteiger charge is -2.31. The molecule has 2 aliphatic rings. The third-order valence-corrected chi connectivity index (χ3v) is 5.04. The van der Waals surface area contributed by atoms with Crippen molar-refractivity contribution in [1.82, 2.24) is 4.90 Å². The van der Waals surface area contributed by atoms with Gasteiger partial charge in [0.2, 0.25) is 0 Å². The first kappa shape index (κ1) is 16.1. The number of hydrogen-bond acceptors (Lipinski definition) is 3. The molecule has 4 nitrogen and oxygen atoms in total. The summed E-state index contributed by atoms with van der Waals surface area (Å²) in [6.45, 7) is 2.94. The minimum atomic E-state index is -0.561. The maximum Gasteiger partial charge on any atom is 0.272 e. The summed E-state index contributed by atoms with van der Waals surface area (Å²) in [5, 5.41) is 10.7. The molecule has 0 aromatic heterocycles. The molecule has 0 N–H and O–H groups in total. The van der Waals surface area contributed by atoms with Crippen LogP contribution in [-0.2, 0) is 0 Å². The molecule has 5 heteroatoms. The van der Waals surface area contributed by atoms with Crippen LogP contribution in [0.4, 0.5) is 10.1 Å². The molecule has 1 aromatic carbocycles. The molecule has 0 unspecified atom stereocenters. The van der Waals surface area contributed by atoms with Gasteiger partial charge in [-0.3, -0.25) is 15.0 Å². The quantitative estimate of drug-likeness (QED) is 0.610. The normalized spacial score (nSPS) is 20.3. The molecule has 0 radical (unpaired) electrons. The van der Waals surface area contributed by atoms with E-state index in [4.69, 9.17) is 0 Å². The van der Waals surface area contributed by atoms with Crippen LogP contribution in [0.3, 0.4) is 0 Å². The predicted octanol–water partition coefficient (Wildman–Crippen LogP) is 4.40. The molecule has 1 saturated carbocycles. The topological polar surface area (TPSA) is 46.4 Å². The molecule has 0 bridgehead atoms. The molecular weight excluding hydrogens is 295 g/mol. The SMILES string of the molecule is O=[N+]([O-])c1ccc(C2=CCN(CC3CCCCC3)CC2)c(F)c1. The van der Waals surface area contributed by atoms with Gasteiger partial charge >= 0.3 is 0 Å². The van der Waals surface area contributed by atoms with E-state index in [-0.39, 0.29) is 5.69 Å². The van der Waals surface area contributed by atoms with Crippen molar-refractivity contribution in [2.45, 2.75) is 38.5 Å². The Bertz CT molecular complexity index is 609. The zero-order valence-corrected chi connectivity index (χ0v) is 13.3. The van der Waals surface area contributed by atoms with E-state index in [0.717, 1.165) is 43.6 Å². The molecular formula is C18H23FN2O2. The minimum Gasteiger partial charge on any atom is -0.299 e. The smallest absolute Gasteiger partial charge is 0.272 e. The number of nitro groups is 1. The van der Waals surface area contributed by atoms with Gasteiger partial charge in [-0.25, -0.2) is 4.39 Å². The van der Waals surface area contributed by atoms with Gasteiger partial charge in [0.1, 0.15) is 5.82 Å². The Morgan fingerprint density at radius 1 is 1.26 bits per heavy atom. The van der Waals surface area contributed by atoms with Crippen molar-refractivity contribution < 1.29 is 9.31 Å². The van der Waals surface area contributed by atoms with Crippen molar-refractivity contribution in [1.29, 1.82) is 0 Å². The van der Waals surface area contributed by atoms with Crippen molar-refractivity contribution in [2.24, 2.45) is 5.92 Å². The highest BCUT2D eigenvalue weighted by molar-refractivity contribution is 5.68. The van der Waals surface area contributed by atoms with Crippen molar-refractivity contribution in [3.63, 3.8) is 0 Å². The van der Waals surface area contributed by atoms with Gasteiger partial charge in [-0.15, -0.1) is 0 Å². The molecule has 124 valence electrons. The fraction of sp³-hybridized carbons (Fsp3) is 0.556. The molecule has 0 saturated heterocycles. The summed E-state index contributed by atoms with van der Waals surface area (Å²) >= 11 is 0. The van der Waals surface area contributed by atoms with E-state index in [1.165, 1.54) is 44.2 Å². The summed E-state index contributed by atoms with van der Waals surface area (Å²) in [4.78, 5) is 12.6. The fourth-order valence-corrected chi connectivity index (χ4v) is 3.73. The van der Waals surface area contributed by atoms with Gasteiger partial charge in [0, 0.05) is 31.3 Å². The molecule has 1 heterocycles.